The number of fused-ring (bicyclic) bond motifs is 1. The maximum atomic E-state index is 12.0. The summed E-state index contributed by atoms with van der Waals surface area (Å²) in [7, 11) is -3.01. The SMILES string of the molecule is O=S1(=O)C[C@@H]2N=C(SCc3ccc(Cl)cc3)N(c3ccccc3)[C@@H]2C1. The van der Waals surface area contributed by atoms with Gasteiger partial charge in [-0.2, -0.15) is 0 Å². The first-order valence-corrected chi connectivity index (χ1v) is 11.2. The summed E-state index contributed by atoms with van der Waals surface area (Å²) >= 11 is 7.58. The Morgan fingerprint density at radius 1 is 1.08 bits per heavy atom. The van der Waals surface area contributed by atoms with Crippen molar-refractivity contribution in [3.05, 3.63) is 65.2 Å². The molecule has 0 unspecified atom stereocenters. The van der Waals surface area contributed by atoms with Crippen LogP contribution in [0.5, 0.6) is 0 Å². The summed E-state index contributed by atoms with van der Waals surface area (Å²) in [4.78, 5) is 6.83. The fraction of sp³-hybridized carbons (Fsp3) is 0.278. The van der Waals surface area contributed by atoms with Gasteiger partial charge in [0.05, 0.1) is 23.6 Å². The van der Waals surface area contributed by atoms with E-state index in [0.29, 0.717) is 0 Å². The molecule has 0 bridgehead atoms. The van der Waals surface area contributed by atoms with E-state index >= 15 is 0 Å². The third-order valence-electron chi connectivity index (χ3n) is 4.42. The minimum Gasteiger partial charge on any atom is -0.315 e. The van der Waals surface area contributed by atoms with Crippen molar-refractivity contribution in [1.82, 2.24) is 0 Å². The van der Waals surface area contributed by atoms with Crippen molar-refractivity contribution >= 4 is 44.1 Å². The van der Waals surface area contributed by atoms with Crippen molar-refractivity contribution < 1.29 is 8.42 Å². The van der Waals surface area contributed by atoms with Gasteiger partial charge in [0.15, 0.2) is 15.0 Å². The molecule has 2 heterocycles. The van der Waals surface area contributed by atoms with Gasteiger partial charge in [-0.3, -0.25) is 4.99 Å². The number of sulfone groups is 1. The molecule has 2 aromatic carbocycles. The highest BCUT2D eigenvalue weighted by Crippen LogP contribution is 2.35. The third kappa shape index (κ3) is 3.57. The Morgan fingerprint density at radius 2 is 1.80 bits per heavy atom. The Labute approximate surface area is 156 Å². The van der Waals surface area contributed by atoms with Gasteiger partial charge >= 0.3 is 0 Å². The predicted octanol–water partition coefficient (Wildman–Crippen LogP) is 3.62. The molecule has 0 saturated carbocycles. The average Bonchev–Trinajstić information content (AvgIpc) is 3.06. The Balaban J connectivity index is 1.59. The van der Waals surface area contributed by atoms with Crippen LogP contribution in [0.2, 0.25) is 5.02 Å². The standard InChI is InChI=1S/C18H17ClN2O2S2/c19-14-8-6-13(7-9-14)10-24-18-20-16-11-25(22,23)12-17(16)21(18)15-4-2-1-3-5-15/h1-9,16-17H,10-12H2/t16-,17+/m0/s1. The van der Waals surface area contributed by atoms with E-state index in [2.05, 4.69) is 4.90 Å². The smallest absolute Gasteiger partial charge is 0.164 e. The number of anilines is 1. The molecule has 2 atom stereocenters. The summed E-state index contributed by atoms with van der Waals surface area (Å²) in [5.41, 5.74) is 2.16. The molecule has 0 amide bonds. The van der Waals surface area contributed by atoms with Crippen LogP contribution in [0, 0.1) is 0 Å². The van der Waals surface area contributed by atoms with Gasteiger partial charge < -0.3 is 4.90 Å². The van der Waals surface area contributed by atoms with Crippen molar-refractivity contribution in [3.8, 4) is 0 Å². The Morgan fingerprint density at radius 3 is 2.52 bits per heavy atom. The second kappa shape index (κ2) is 6.67. The summed E-state index contributed by atoms with van der Waals surface area (Å²) in [6.45, 7) is 0. The highest BCUT2D eigenvalue weighted by molar-refractivity contribution is 8.13. The van der Waals surface area contributed by atoms with Crippen molar-refractivity contribution in [1.29, 1.82) is 0 Å². The normalized spacial score (nSPS) is 24.2. The fourth-order valence-electron chi connectivity index (χ4n) is 3.25. The third-order valence-corrected chi connectivity index (χ3v) is 7.41. The van der Waals surface area contributed by atoms with Gasteiger partial charge in [0, 0.05) is 16.5 Å². The lowest BCUT2D eigenvalue weighted by Gasteiger charge is -2.26. The monoisotopic (exact) mass is 392 g/mol. The number of aliphatic imine (C=N–C) groups is 1. The number of hydrogen-bond donors (Lipinski definition) is 0. The van der Waals surface area contributed by atoms with Crippen LogP contribution in [0.25, 0.3) is 0 Å². The molecule has 1 fully saturated rings. The Bertz CT molecular complexity index is 898. The van der Waals surface area contributed by atoms with Gasteiger partial charge in [0.2, 0.25) is 0 Å². The largest absolute Gasteiger partial charge is 0.315 e. The van der Waals surface area contributed by atoms with Crippen molar-refractivity contribution in [3.63, 3.8) is 0 Å². The zero-order chi connectivity index (χ0) is 17.4. The lowest BCUT2D eigenvalue weighted by Crippen LogP contribution is -2.39. The van der Waals surface area contributed by atoms with Crippen LogP contribution in [-0.2, 0) is 15.6 Å². The number of thioether (sulfide) groups is 1. The summed E-state index contributed by atoms with van der Waals surface area (Å²) in [5, 5.41) is 1.61. The molecule has 4 nitrogen and oxygen atoms in total. The van der Waals surface area contributed by atoms with Crippen molar-refractivity contribution in [2.24, 2.45) is 4.99 Å². The lowest BCUT2D eigenvalue weighted by atomic mass is 10.1. The van der Waals surface area contributed by atoms with Crippen LogP contribution in [0.15, 0.2) is 59.6 Å². The molecule has 0 N–H and O–H groups in total. The second-order valence-electron chi connectivity index (χ2n) is 6.24. The van der Waals surface area contributed by atoms with E-state index in [-0.39, 0.29) is 23.6 Å². The number of hydrogen-bond acceptors (Lipinski definition) is 5. The molecule has 0 aliphatic carbocycles. The first-order chi connectivity index (χ1) is 12.0. The highest BCUT2D eigenvalue weighted by Gasteiger charge is 2.47. The van der Waals surface area contributed by atoms with Crippen LogP contribution < -0.4 is 4.90 Å². The summed E-state index contributed by atoms with van der Waals surface area (Å²) in [6, 6.07) is 17.4. The van der Waals surface area contributed by atoms with Gasteiger partial charge in [-0.25, -0.2) is 8.42 Å². The van der Waals surface area contributed by atoms with Gasteiger partial charge in [-0.1, -0.05) is 53.7 Å². The summed E-state index contributed by atoms with van der Waals surface area (Å²) < 4.78 is 24.0. The lowest BCUT2D eigenvalue weighted by molar-refractivity contribution is 0.601. The molecule has 25 heavy (non-hydrogen) atoms. The maximum Gasteiger partial charge on any atom is 0.164 e. The molecule has 0 spiro atoms. The predicted molar refractivity (Wildman–Crippen MR) is 105 cm³/mol. The number of benzene rings is 2. The molecule has 0 aromatic heterocycles. The zero-order valence-electron chi connectivity index (χ0n) is 13.4. The van der Waals surface area contributed by atoms with Crippen LogP contribution in [-0.4, -0.2) is 37.2 Å². The van der Waals surface area contributed by atoms with E-state index in [0.717, 1.165) is 27.2 Å². The fourth-order valence-corrected chi connectivity index (χ4v) is 6.30. The zero-order valence-corrected chi connectivity index (χ0v) is 15.8. The molecular weight excluding hydrogens is 376 g/mol. The van der Waals surface area contributed by atoms with Crippen molar-refractivity contribution in [2.75, 3.05) is 16.4 Å². The van der Waals surface area contributed by atoms with E-state index in [4.69, 9.17) is 16.6 Å². The molecule has 4 rings (SSSR count). The van der Waals surface area contributed by atoms with E-state index < -0.39 is 9.84 Å². The molecule has 1 saturated heterocycles. The van der Waals surface area contributed by atoms with E-state index in [1.165, 1.54) is 0 Å². The first-order valence-electron chi connectivity index (χ1n) is 8.02. The van der Waals surface area contributed by atoms with Gasteiger partial charge in [-0.05, 0) is 29.8 Å². The van der Waals surface area contributed by atoms with Crippen molar-refractivity contribution in [2.45, 2.75) is 17.8 Å². The van der Waals surface area contributed by atoms with Crippen LogP contribution >= 0.6 is 23.4 Å². The highest BCUT2D eigenvalue weighted by atomic mass is 35.5. The van der Waals surface area contributed by atoms with Gasteiger partial charge in [0.1, 0.15) is 0 Å². The molecule has 2 aliphatic rings. The Kier molecular flexibility index (Phi) is 4.52. The number of para-hydroxylation sites is 1. The number of amidine groups is 1. The number of nitrogens with zero attached hydrogens (tertiary/aromatic N) is 2. The molecule has 130 valence electrons. The molecular formula is C18H17ClN2O2S2. The maximum absolute atomic E-state index is 12.0. The van der Waals surface area contributed by atoms with Gasteiger partial charge in [0.25, 0.3) is 0 Å². The second-order valence-corrected chi connectivity index (χ2v) is 9.78. The average molecular weight is 393 g/mol. The van der Waals surface area contributed by atoms with E-state index in [1.807, 2.05) is 54.6 Å². The van der Waals surface area contributed by atoms with E-state index in [1.54, 1.807) is 11.8 Å². The molecule has 7 heteroatoms. The van der Waals surface area contributed by atoms with Crippen LogP contribution in [0.1, 0.15) is 5.56 Å². The quantitative estimate of drug-likeness (QED) is 0.800. The number of halogens is 1. The first kappa shape index (κ1) is 16.9. The molecule has 2 aromatic rings. The molecule has 2 aliphatic heterocycles. The van der Waals surface area contributed by atoms with Crippen LogP contribution in [0.4, 0.5) is 5.69 Å². The minimum absolute atomic E-state index is 0.0971. The van der Waals surface area contributed by atoms with Gasteiger partial charge in [-0.15, -0.1) is 0 Å². The number of rotatable bonds is 3. The minimum atomic E-state index is -3.01. The summed E-state index contributed by atoms with van der Waals surface area (Å²) in [6.07, 6.45) is 0. The van der Waals surface area contributed by atoms with Crippen LogP contribution in [0.3, 0.4) is 0 Å². The van der Waals surface area contributed by atoms with E-state index in [9.17, 15) is 8.42 Å². The summed E-state index contributed by atoms with van der Waals surface area (Å²) in [5.74, 6) is 1.08. The molecule has 0 radical (unpaired) electrons. The Hall–Kier alpha value is -1.50. The topological polar surface area (TPSA) is 49.7 Å².